The molecular formula is C20H24ClFN2O3S2. The van der Waals surface area contributed by atoms with E-state index in [2.05, 4.69) is 5.32 Å². The summed E-state index contributed by atoms with van der Waals surface area (Å²) < 4.78 is 38.3. The monoisotopic (exact) mass is 458 g/mol. The molecule has 2 aromatic rings. The molecular weight excluding hydrogens is 435 g/mol. The molecule has 0 saturated heterocycles. The van der Waals surface area contributed by atoms with Crippen LogP contribution in [0.3, 0.4) is 0 Å². The van der Waals surface area contributed by atoms with E-state index in [4.69, 9.17) is 11.6 Å². The van der Waals surface area contributed by atoms with Gasteiger partial charge in [-0.2, -0.15) is 11.8 Å². The fourth-order valence-electron chi connectivity index (χ4n) is 2.64. The zero-order valence-corrected chi connectivity index (χ0v) is 18.7. The number of anilines is 1. The molecule has 29 heavy (non-hydrogen) atoms. The Morgan fingerprint density at radius 3 is 2.52 bits per heavy atom. The Bertz CT molecular complexity index is 937. The molecule has 0 aliphatic carbocycles. The summed E-state index contributed by atoms with van der Waals surface area (Å²) in [5.41, 5.74) is 2.15. The molecule has 0 heterocycles. The number of hydrogen-bond acceptors (Lipinski definition) is 4. The zero-order valence-electron chi connectivity index (χ0n) is 16.3. The van der Waals surface area contributed by atoms with Crippen LogP contribution in [0.5, 0.6) is 0 Å². The van der Waals surface area contributed by atoms with Crippen molar-refractivity contribution in [2.24, 2.45) is 0 Å². The van der Waals surface area contributed by atoms with Gasteiger partial charge in [-0.15, -0.1) is 0 Å². The summed E-state index contributed by atoms with van der Waals surface area (Å²) in [4.78, 5) is 12.3. The zero-order chi connectivity index (χ0) is 21.4. The van der Waals surface area contributed by atoms with Gasteiger partial charge in [0.1, 0.15) is 12.4 Å². The quantitative estimate of drug-likeness (QED) is 0.546. The van der Waals surface area contributed by atoms with E-state index < -0.39 is 10.0 Å². The van der Waals surface area contributed by atoms with Crippen LogP contribution < -0.4 is 9.62 Å². The van der Waals surface area contributed by atoms with E-state index in [1.54, 1.807) is 49.0 Å². The topological polar surface area (TPSA) is 66.5 Å². The van der Waals surface area contributed by atoms with Crippen molar-refractivity contribution < 1.29 is 17.6 Å². The highest BCUT2D eigenvalue weighted by molar-refractivity contribution is 7.98. The molecule has 2 aromatic carbocycles. The number of hydrogen-bond donors (Lipinski definition) is 1. The maximum atomic E-state index is 12.9. The van der Waals surface area contributed by atoms with Gasteiger partial charge in [-0.05, 0) is 60.6 Å². The van der Waals surface area contributed by atoms with Gasteiger partial charge >= 0.3 is 0 Å². The van der Waals surface area contributed by atoms with E-state index in [1.165, 1.54) is 12.1 Å². The number of nitrogens with one attached hydrogen (secondary N) is 1. The molecule has 0 atom stereocenters. The second kappa shape index (κ2) is 10.8. The number of thioether (sulfide) groups is 1. The minimum atomic E-state index is -3.62. The standard InChI is InChI=1S/C20H24ClFN2O3S2/c1-15-12-17(21)6-9-19(15)24(29(2,26)27)13-20(25)23-10-3-11-28-14-16-4-7-18(22)8-5-16/h4-9,12H,3,10-11,13-14H2,1-2H3,(H,23,25). The highest BCUT2D eigenvalue weighted by atomic mass is 35.5. The van der Waals surface area contributed by atoms with Gasteiger partial charge in [-0.1, -0.05) is 23.7 Å². The average molecular weight is 459 g/mol. The SMILES string of the molecule is Cc1cc(Cl)ccc1N(CC(=O)NCCCSCc1ccc(F)cc1)S(C)(=O)=O. The fraction of sp³-hybridized carbons (Fsp3) is 0.350. The van der Waals surface area contributed by atoms with Crippen LogP contribution in [0.15, 0.2) is 42.5 Å². The third-order valence-electron chi connectivity index (χ3n) is 4.08. The Labute approximate surface area is 180 Å². The smallest absolute Gasteiger partial charge is 0.240 e. The van der Waals surface area contributed by atoms with Crippen LogP contribution in [-0.2, 0) is 20.6 Å². The van der Waals surface area contributed by atoms with E-state index in [1.807, 2.05) is 0 Å². The summed E-state index contributed by atoms with van der Waals surface area (Å²) >= 11 is 7.62. The molecule has 0 bridgehead atoms. The number of aryl methyl sites for hydroxylation is 1. The number of carbonyl (C=O) groups excluding carboxylic acids is 1. The lowest BCUT2D eigenvalue weighted by atomic mass is 10.2. The number of rotatable bonds is 10. The van der Waals surface area contributed by atoms with Crippen LogP contribution in [0.1, 0.15) is 17.5 Å². The summed E-state index contributed by atoms with van der Waals surface area (Å²) in [7, 11) is -3.62. The van der Waals surface area contributed by atoms with E-state index in [9.17, 15) is 17.6 Å². The van der Waals surface area contributed by atoms with Gasteiger partial charge in [0.2, 0.25) is 15.9 Å². The summed E-state index contributed by atoms with van der Waals surface area (Å²) in [5.74, 6) is 0.974. The number of carbonyl (C=O) groups is 1. The van der Waals surface area contributed by atoms with Gasteiger partial charge in [-0.3, -0.25) is 9.10 Å². The van der Waals surface area contributed by atoms with Gasteiger partial charge < -0.3 is 5.32 Å². The molecule has 0 saturated carbocycles. The summed E-state index contributed by atoms with van der Waals surface area (Å²) in [6.07, 6.45) is 1.82. The Balaban J connectivity index is 1.79. The number of benzene rings is 2. The molecule has 0 fully saturated rings. The number of halogens is 2. The number of amides is 1. The predicted molar refractivity (Wildman–Crippen MR) is 119 cm³/mol. The summed E-state index contributed by atoms with van der Waals surface area (Å²) in [6.45, 7) is 1.91. The largest absolute Gasteiger partial charge is 0.354 e. The molecule has 0 unspecified atom stereocenters. The molecule has 158 valence electrons. The van der Waals surface area contributed by atoms with Crippen LogP contribution >= 0.6 is 23.4 Å². The fourth-order valence-corrected chi connectivity index (χ4v) is 4.70. The minimum Gasteiger partial charge on any atom is -0.354 e. The number of sulfonamides is 1. The maximum absolute atomic E-state index is 12.9. The highest BCUT2D eigenvalue weighted by Gasteiger charge is 2.22. The third-order valence-corrected chi connectivity index (χ3v) is 6.56. The van der Waals surface area contributed by atoms with Crippen LogP contribution in [0.2, 0.25) is 5.02 Å². The van der Waals surface area contributed by atoms with Crippen LogP contribution in [0.4, 0.5) is 10.1 Å². The van der Waals surface area contributed by atoms with Gasteiger partial charge in [-0.25, -0.2) is 12.8 Å². The van der Waals surface area contributed by atoms with E-state index in [-0.39, 0.29) is 18.3 Å². The normalized spacial score (nSPS) is 11.3. The molecule has 0 aliphatic heterocycles. The first kappa shape index (κ1) is 23.5. The van der Waals surface area contributed by atoms with E-state index in [0.29, 0.717) is 22.8 Å². The lowest BCUT2D eigenvalue weighted by molar-refractivity contribution is -0.119. The Kier molecular flexibility index (Phi) is 8.79. The second-order valence-electron chi connectivity index (χ2n) is 6.58. The van der Waals surface area contributed by atoms with Crippen LogP contribution in [-0.4, -0.2) is 39.4 Å². The van der Waals surface area contributed by atoms with Gasteiger partial charge in [0.05, 0.1) is 11.9 Å². The Morgan fingerprint density at radius 2 is 1.90 bits per heavy atom. The molecule has 2 rings (SSSR count). The lowest BCUT2D eigenvalue weighted by Crippen LogP contribution is -2.41. The first-order valence-electron chi connectivity index (χ1n) is 8.99. The van der Waals surface area contributed by atoms with Crippen molar-refractivity contribution in [3.63, 3.8) is 0 Å². The van der Waals surface area contributed by atoms with Crippen molar-refractivity contribution in [3.05, 3.63) is 64.4 Å². The molecule has 0 radical (unpaired) electrons. The molecule has 1 amide bonds. The predicted octanol–water partition coefficient (Wildman–Crippen LogP) is 3.99. The van der Waals surface area contributed by atoms with Gasteiger partial charge in [0.15, 0.2) is 0 Å². The van der Waals surface area contributed by atoms with Crippen LogP contribution in [0.25, 0.3) is 0 Å². The first-order valence-corrected chi connectivity index (χ1v) is 12.4. The molecule has 9 heteroatoms. The molecule has 0 aliphatic rings. The number of nitrogens with zero attached hydrogens (tertiary/aromatic N) is 1. The third kappa shape index (κ3) is 7.87. The Hall–Kier alpha value is -1.77. The van der Waals surface area contributed by atoms with Crippen molar-refractivity contribution in [1.29, 1.82) is 0 Å². The lowest BCUT2D eigenvalue weighted by Gasteiger charge is -2.23. The van der Waals surface area contributed by atoms with Crippen molar-refractivity contribution in [2.45, 2.75) is 19.1 Å². The van der Waals surface area contributed by atoms with Gasteiger partial charge in [0.25, 0.3) is 0 Å². The molecule has 1 N–H and O–H groups in total. The van der Waals surface area contributed by atoms with E-state index >= 15 is 0 Å². The first-order chi connectivity index (χ1) is 13.7. The van der Waals surface area contributed by atoms with Crippen molar-refractivity contribution in [1.82, 2.24) is 5.32 Å². The molecule has 0 spiro atoms. The van der Waals surface area contributed by atoms with E-state index in [0.717, 1.165) is 34.1 Å². The maximum Gasteiger partial charge on any atom is 0.240 e. The summed E-state index contributed by atoms with van der Waals surface area (Å²) in [6, 6.07) is 11.2. The van der Waals surface area contributed by atoms with Crippen LogP contribution in [0, 0.1) is 12.7 Å². The second-order valence-corrected chi connectivity index (χ2v) is 10.0. The minimum absolute atomic E-state index is 0.251. The van der Waals surface area contributed by atoms with Crippen molar-refractivity contribution >= 4 is 45.0 Å². The highest BCUT2D eigenvalue weighted by Crippen LogP contribution is 2.25. The molecule has 0 aromatic heterocycles. The van der Waals surface area contributed by atoms with Crippen molar-refractivity contribution in [3.8, 4) is 0 Å². The average Bonchev–Trinajstić information content (AvgIpc) is 2.64. The molecule has 5 nitrogen and oxygen atoms in total. The summed E-state index contributed by atoms with van der Waals surface area (Å²) in [5, 5.41) is 3.26. The van der Waals surface area contributed by atoms with Crippen molar-refractivity contribution in [2.75, 3.05) is 29.4 Å². The Morgan fingerprint density at radius 1 is 1.21 bits per heavy atom. The van der Waals surface area contributed by atoms with Gasteiger partial charge in [0, 0.05) is 17.3 Å².